The van der Waals surface area contributed by atoms with E-state index < -0.39 is 0 Å². The highest BCUT2D eigenvalue weighted by molar-refractivity contribution is 5.97. The summed E-state index contributed by atoms with van der Waals surface area (Å²) in [4.78, 5) is 11.3. The Hall–Kier alpha value is -1.95. The van der Waals surface area contributed by atoms with E-state index in [1.807, 2.05) is 0 Å². The molecule has 0 aliphatic carbocycles. The zero-order chi connectivity index (χ0) is 11.3. The van der Waals surface area contributed by atoms with E-state index in [4.69, 9.17) is 15.9 Å². The Bertz CT molecular complexity index is 402. The van der Waals surface area contributed by atoms with Crippen molar-refractivity contribution >= 4 is 5.78 Å². The van der Waals surface area contributed by atoms with Crippen molar-refractivity contribution in [2.75, 3.05) is 13.7 Å². The van der Waals surface area contributed by atoms with E-state index in [1.165, 1.54) is 14.0 Å². The van der Waals surface area contributed by atoms with E-state index >= 15 is 0 Å². The molecule has 3 heteroatoms. The van der Waals surface area contributed by atoms with Crippen molar-refractivity contribution in [1.29, 1.82) is 0 Å². The summed E-state index contributed by atoms with van der Waals surface area (Å²) >= 11 is 0. The van der Waals surface area contributed by atoms with Gasteiger partial charge in [-0.2, -0.15) is 0 Å². The molecule has 0 amide bonds. The van der Waals surface area contributed by atoms with Crippen LogP contribution in [-0.2, 0) is 0 Å². The monoisotopic (exact) mass is 204 g/mol. The van der Waals surface area contributed by atoms with Gasteiger partial charge < -0.3 is 9.47 Å². The molecule has 0 N–H and O–H groups in total. The molecular weight excluding hydrogens is 192 g/mol. The minimum atomic E-state index is -0.0713. The van der Waals surface area contributed by atoms with Crippen LogP contribution in [0, 0.1) is 12.3 Å². The summed E-state index contributed by atoms with van der Waals surface area (Å²) in [5.41, 5.74) is 0.493. The Morgan fingerprint density at radius 3 is 2.80 bits per heavy atom. The van der Waals surface area contributed by atoms with Crippen LogP contribution in [0.4, 0.5) is 0 Å². The Morgan fingerprint density at radius 1 is 1.53 bits per heavy atom. The van der Waals surface area contributed by atoms with Crippen LogP contribution in [-0.4, -0.2) is 19.5 Å². The highest BCUT2D eigenvalue weighted by Crippen LogP contribution is 2.24. The number of hydrogen-bond acceptors (Lipinski definition) is 3. The minimum Gasteiger partial charge on any atom is -0.496 e. The van der Waals surface area contributed by atoms with Gasteiger partial charge >= 0.3 is 0 Å². The molecule has 1 aromatic rings. The number of hydrogen-bond donors (Lipinski definition) is 0. The second-order valence-electron chi connectivity index (χ2n) is 2.91. The molecule has 0 aromatic heterocycles. The molecule has 1 aromatic carbocycles. The first kappa shape index (κ1) is 11.1. The number of terminal acetylenes is 1. The van der Waals surface area contributed by atoms with E-state index in [-0.39, 0.29) is 12.4 Å². The maximum absolute atomic E-state index is 11.3. The fourth-order valence-corrected chi connectivity index (χ4v) is 1.18. The fourth-order valence-electron chi connectivity index (χ4n) is 1.18. The lowest BCUT2D eigenvalue weighted by Crippen LogP contribution is -2.00. The van der Waals surface area contributed by atoms with Gasteiger partial charge in [0.25, 0.3) is 0 Å². The van der Waals surface area contributed by atoms with Crippen molar-refractivity contribution in [3.63, 3.8) is 0 Å². The molecule has 1 rings (SSSR count). The van der Waals surface area contributed by atoms with E-state index in [1.54, 1.807) is 18.2 Å². The number of methoxy groups -OCH3 is 1. The van der Waals surface area contributed by atoms with Gasteiger partial charge in [0.15, 0.2) is 5.78 Å². The van der Waals surface area contributed by atoms with Crippen molar-refractivity contribution in [2.24, 2.45) is 0 Å². The van der Waals surface area contributed by atoms with Crippen LogP contribution in [0.5, 0.6) is 11.5 Å². The number of Topliss-reactive ketones (excluding diaryl/α,β-unsaturated/α-hetero) is 1. The van der Waals surface area contributed by atoms with Crippen LogP contribution < -0.4 is 9.47 Å². The molecule has 0 heterocycles. The molecule has 0 radical (unpaired) electrons. The maximum Gasteiger partial charge on any atom is 0.163 e. The van der Waals surface area contributed by atoms with Crippen LogP contribution in [0.15, 0.2) is 18.2 Å². The van der Waals surface area contributed by atoms with Gasteiger partial charge in [-0.3, -0.25) is 4.79 Å². The minimum absolute atomic E-state index is 0.0713. The molecule has 0 fully saturated rings. The lowest BCUT2D eigenvalue weighted by Gasteiger charge is -2.08. The van der Waals surface area contributed by atoms with Gasteiger partial charge in [0, 0.05) is 0 Å². The lowest BCUT2D eigenvalue weighted by molar-refractivity contribution is 0.101. The summed E-state index contributed by atoms with van der Waals surface area (Å²) in [6.45, 7) is 1.66. The van der Waals surface area contributed by atoms with Gasteiger partial charge in [-0.1, -0.05) is 5.92 Å². The van der Waals surface area contributed by atoms with Crippen LogP contribution >= 0.6 is 0 Å². The number of ether oxygens (including phenoxy) is 2. The quantitative estimate of drug-likeness (QED) is 0.555. The van der Waals surface area contributed by atoms with E-state index in [2.05, 4.69) is 5.92 Å². The second-order valence-corrected chi connectivity index (χ2v) is 2.91. The Kier molecular flexibility index (Phi) is 3.75. The summed E-state index contributed by atoms with van der Waals surface area (Å²) < 4.78 is 10.3. The summed E-state index contributed by atoms with van der Waals surface area (Å²) in [5.74, 6) is 3.39. The molecule has 3 nitrogen and oxygen atoms in total. The predicted octanol–water partition coefficient (Wildman–Crippen LogP) is 1.91. The summed E-state index contributed by atoms with van der Waals surface area (Å²) in [7, 11) is 1.52. The van der Waals surface area contributed by atoms with Gasteiger partial charge in [-0.15, -0.1) is 6.42 Å². The fraction of sp³-hybridized carbons (Fsp3) is 0.250. The van der Waals surface area contributed by atoms with Crippen molar-refractivity contribution in [3.05, 3.63) is 23.8 Å². The summed E-state index contributed by atoms with van der Waals surface area (Å²) in [6, 6.07) is 5.02. The largest absolute Gasteiger partial charge is 0.496 e. The number of benzene rings is 1. The first-order valence-electron chi connectivity index (χ1n) is 4.44. The molecular formula is C12H12O3. The Morgan fingerprint density at radius 2 is 2.27 bits per heavy atom. The molecule has 0 spiro atoms. The zero-order valence-corrected chi connectivity index (χ0v) is 8.74. The van der Waals surface area contributed by atoms with E-state index in [9.17, 15) is 4.79 Å². The zero-order valence-electron chi connectivity index (χ0n) is 8.74. The number of rotatable bonds is 4. The number of ketones is 1. The van der Waals surface area contributed by atoms with Crippen LogP contribution in [0.25, 0.3) is 0 Å². The molecule has 78 valence electrons. The SMILES string of the molecule is C#CCOc1ccc(OC)c(C(C)=O)c1. The smallest absolute Gasteiger partial charge is 0.163 e. The molecule has 0 atom stereocenters. The molecule has 0 unspecified atom stereocenters. The molecule has 15 heavy (non-hydrogen) atoms. The first-order chi connectivity index (χ1) is 7.19. The van der Waals surface area contributed by atoms with Crippen LogP contribution in [0.3, 0.4) is 0 Å². The van der Waals surface area contributed by atoms with Crippen molar-refractivity contribution in [3.8, 4) is 23.8 Å². The average molecular weight is 204 g/mol. The van der Waals surface area contributed by atoms with Crippen molar-refractivity contribution in [2.45, 2.75) is 6.92 Å². The summed E-state index contributed by atoms with van der Waals surface area (Å²) in [5, 5.41) is 0. The summed E-state index contributed by atoms with van der Waals surface area (Å²) in [6.07, 6.45) is 5.06. The molecule has 0 saturated heterocycles. The Labute approximate surface area is 89.0 Å². The normalized spacial score (nSPS) is 9.13. The second kappa shape index (κ2) is 5.06. The third-order valence-corrected chi connectivity index (χ3v) is 1.87. The van der Waals surface area contributed by atoms with Gasteiger partial charge in [0.05, 0.1) is 12.7 Å². The van der Waals surface area contributed by atoms with Crippen LogP contribution in [0.2, 0.25) is 0 Å². The predicted molar refractivity (Wildman–Crippen MR) is 57.3 cm³/mol. The number of carbonyl (C=O) groups is 1. The molecule has 0 aliphatic rings. The maximum atomic E-state index is 11.3. The molecule has 0 saturated carbocycles. The highest BCUT2D eigenvalue weighted by Gasteiger charge is 2.08. The van der Waals surface area contributed by atoms with Crippen LogP contribution in [0.1, 0.15) is 17.3 Å². The highest BCUT2D eigenvalue weighted by atomic mass is 16.5. The lowest BCUT2D eigenvalue weighted by atomic mass is 10.1. The van der Waals surface area contributed by atoms with Crippen molar-refractivity contribution < 1.29 is 14.3 Å². The van der Waals surface area contributed by atoms with Gasteiger partial charge in [0.2, 0.25) is 0 Å². The standard InChI is InChI=1S/C12H12O3/c1-4-7-15-10-5-6-12(14-3)11(8-10)9(2)13/h1,5-6,8H,7H2,2-3H3. The third-order valence-electron chi connectivity index (χ3n) is 1.87. The van der Waals surface area contributed by atoms with Gasteiger partial charge in [0.1, 0.15) is 18.1 Å². The topological polar surface area (TPSA) is 35.5 Å². The average Bonchev–Trinajstić information content (AvgIpc) is 2.25. The number of carbonyl (C=O) groups excluding carboxylic acids is 1. The van der Waals surface area contributed by atoms with E-state index in [0.29, 0.717) is 17.1 Å². The first-order valence-corrected chi connectivity index (χ1v) is 4.44. The third kappa shape index (κ3) is 2.75. The van der Waals surface area contributed by atoms with Gasteiger partial charge in [-0.05, 0) is 25.1 Å². The van der Waals surface area contributed by atoms with E-state index in [0.717, 1.165) is 0 Å². The molecule has 0 bridgehead atoms. The Balaban J connectivity index is 3.00. The van der Waals surface area contributed by atoms with Gasteiger partial charge in [-0.25, -0.2) is 0 Å². The van der Waals surface area contributed by atoms with Crippen molar-refractivity contribution in [1.82, 2.24) is 0 Å². The molecule has 0 aliphatic heterocycles.